The zero-order chi connectivity index (χ0) is 25.5. The maximum absolute atomic E-state index is 13.7. The Labute approximate surface area is 207 Å². The third kappa shape index (κ3) is 6.94. The number of carbonyl (C=O) groups excluding carboxylic acids is 2. The van der Waals surface area contributed by atoms with Gasteiger partial charge in [-0.15, -0.1) is 0 Å². The number of rotatable bonds is 11. The first-order chi connectivity index (χ1) is 16.0. The summed E-state index contributed by atoms with van der Waals surface area (Å²) in [6, 6.07) is 14.5. The Morgan fingerprint density at radius 1 is 1.00 bits per heavy atom. The molecule has 0 radical (unpaired) electrons. The monoisotopic (exact) mass is 508 g/mol. The molecule has 0 bridgehead atoms. The van der Waals surface area contributed by atoms with Crippen molar-refractivity contribution in [1.82, 2.24) is 14.5 Å². The van der Waals surface area contributed by atoms with Crippen LogP contribution in [0.1, 0.15) is 32.8 Å². The Kier molecular flexibility index (Phi) is 9.90. The van der Waals surface area contributed by atoms with Gasteiger partial charge in [-0.2, -0.15) is 12.7 Å². The van der Waals surface area contributed by atoms with Crippen molar-refractivity contribution in [2.24, 2.45) is 0 Å². The van der Waals surface area contributed by atoms with Crippen molar-refractivity contribution in [2.45, 2.75) is 45.8 Å². The van der Waals surface area contributed by atoms with E-state index in [0.717, 1.165) is 8.61 Å². The van der Waals surface area contributed by atoms with Crippen LogP contribution in [0.3, 0.4) is 0 Å². The highest BCUT2D eigenvalue weighted by molar-refractivity contribution is 7.90. The van der Waals surface area contributed by atoms with Crippen LogP contribution in [0.4, 0.5) is 5.69 Å². The van der Waals surface area contributed by atoms with Crippen LogP contribution >= 0.6 is 11.6 Å². The van der Waals surface area contributed by atoms with Gasteiger partial charge in [0.05, 0.1) is 5.69 Å². The molecule has 186 valence electrons. The second-order valence-corrected chi connectivity index (χ2v) is 10.8. The van der Waals surface area contributed by atoms with E-state index >= 15 is 0 Å². The molecule has 0 heterocycles. The Morgan fingerprint density at radius 2 is 1.59 bits per heavy atom. The third-order valence-corrected chi connectivity index (χ3v) is 7.37. The van der Waals surface area contributed by atoms with Crippen molar-refractivity contribution in [3.63, 3.8) is 0 Å². The molecule has 0 fully saturated rings. The molecule has 0 saturated carbocycles. The highest BCUT2D eigenvalue weighted by atomic mass is 35.5. The summed E-state index contributed by atoms with van der Waals surface area (Å²) in [5.41, 5.74) is 1.01. The summed E-state index contributed by atoms with van der Waals surface area (Å²) >= 11 is 6.35. The molecule has 8 nitrogen and oxygen atoms in total. The Hall–Kier alpha value is -2.62. The zero-order valence-electron chi connectivity index (χ0n) is 20.2. The fourth-order valence-electron chi connectivity index (χ4n) is 3.42. The van der Waals surface area contributed by atoms with Gasteiger partial charge in [0.15, 0.2) is 0 Å². The molecule has 0 saturated heterocycles. The van der Waals surface area contributed by atoms with Crippen molar-refractivity contribution < 1.29 is 18.0 Å². The first-order valence-electron chi connectivity index (χ1n) is 11.1. The second kappa shape index (κ2) is 12.2. The van der Waals surface area contributed by atoms with Crippen molar-refractivity contribution in [2.75, 3.05) is 24.9 Å². The van der Waals surface area contributed by atoms with Gasteiger partial charge in [-0.1, -0.05) is 54.9 Å². The van der Waals surface area contributed by atoms with E-state index in [0.29, 0.717) is 22.7 Å². The molecule has 0 aromatic heterocycles. The lowest BCUT2D eigenvalue weighted by Gasteiger charge is -2.34. The van der Waals surface area contributed by atoms with Gasteiger partial charge in [0.1, 0.15) is 12.6 Å². The minimum absolute atomic E-state index is 0.0627. The number of anilines is 1. The largest absolute Gasteiger partial charge is 0.352 e. The van der Waals surface area contributed by atoms with E-state index in [-0.39, 0.29) is 18.5 Å². The van der Waals surface area contributed by atoms with Gasteiger partial charge in [0.25, 0.3) is 0 Å². The van der Waals surface area contributed by atoms with Crippen LogP contribution in [0.25, 0.3) is 0 Å². The number of amides is 2. The van der Waals surface area contributed by atoms with E-state index < -0.39 is 28.7 Å². The van der Waals surface area contributed by atoms with Crippen molar-refractivity contribution in [1.29, 1.82) is 0 Å². The van der Waals surface area contributed by atoms with E-state index in [9.17, 15) is 18.0 Å². The number of hydrogen-bond donors (Lipinski definition) is 1. The first-order valence-corrected chi connectivity index (χ1v) is 12.8. The lowest BCUT2D eigenvalue weighted by Crippen LogP contribution is -2.54. The number of benzene rings is 2. The smallest absolute Gasteiger partial charge is 0.304 e. The molecule has 2 amide bonds. The Bertz CT molecular complexity index is 1080. The lowest BCUT2D eigenvalue weighted by atomic mass is 10.1. The van der Waals surface area contributed by atoms with Crippen LogP contribution < -0.4 is 9.62 Å². The molecule has 1 N–H and O–H groups in total. The first kappa shape index (κ1) is 27.6. The van der Waals surface area contributed by atoms with Gasteiger partial charge in [0.2, 0.25) is 11.8 Å². The molecule has 0 aliphatic heterocycles. The topological polar surface area (TPSA) is 90.0 Å². The minimum Gasteiger partial charge on any atom is -0.352 e. The molecule has 34 heavy (non-hydrogen) atoms. The Balaban J connectivity index is 2.49. The van der Waals surface area contributed by atoms with Gasteiger partial charge in [0, 0.05) is 31.7 Å². The zero-order valence-corrected chi connectivity index (χ0v) is 21.8. The van der Waals surface area contributed by atoms with Gasteiger partial charge in [-0.3, -0.25) is 9.59 Å². The van der Waals surface area contributed by atoms with Crippen LogP contribution in [-0.4, -0.2) is 62.2 Å². The second-order valence-electron chi connectivity index (χ2n) is 8.33. The van der Waals surface area contributed by atoms with Crippen LogP contribution in [0.5, 0.6) is 0 Å². The summed E-state index contributed by atoms with van der Waals surface area (Å²) in [7, 11) is -1.17. The highest BCUT2D eigenvalue weighted by Crippen LogP contribution is 2.23. The number of nitrogens with zero attached hydrogens (tertiary/aromatic N) is 3. The molecular weight excluding hydrogens is 476 g/mol. The van der Waals surface area contributed by atoms with E-state index in [1.165, 1.54) is 19.0 Å². The predicted octanol–water partition coefficient (Wildman–Crippen LogP) is 3.28. The predicted molar refractivity (Wildman–Crippen MR) is 136 cm³/mol. The van der Waals surface area contributed by atoms with Gasteiger partial charge in [-0.05, 0) is 44.0 Å². The van der Waals surface area contributed by atoms with Gasteiger partial charge in [-0.25, -0.2) is 4.31 Å². The van der Waals surface area contributed by atoms with Crippen LogP contribution in [0, 0.1) is 0 Å². The highest BCUT2D eigenvalue weighted by Gasteiger charge is 2.34. The molecule has 0 unspecified atom stereocenters. The van der Waals surface area contributed by atoms with Crippen molar-refractivity contribution in [3.05, 3.63) is 65.2 Å². The molecule has 0 aliphatic rings. The van der Waals surface area contributed by atoms with Crippen LogP contribution in [-0.2, 0) is 26.3 Å². The molecule has 2 rings (SSSR count). The SMILES string of the molecule is CC[C@@H](C(=O)NC(C)C)N(Cc1ccccc1Cl)C(=O)CN(c1ccccc1)S(=O)(=O)N(C)C. The standard InChI is InChI=1S/C24H33ClN4O4S/c1-6-22(24(31)26-18(2)3)28(16-19-12-10-11-15-21(19)25)23(30)17-29(34(32,33)27(4)5)20-13-8-7-9-14-20/h7-15,18,22H,6,16-17H2,1-5H3,(H,26,31)/t22-/m0/s1. The van der Waals surface area contributed by atoms with Crippen molar-refractivity contribution in [3.8, 4) is 0 Å². The summed E-state index contributed by atoms with van der Waals surface area (Å²) in [5.74, 6) is -0.820. The van der Waals surface area contributed by atoms with Crippen LogP contribution in [0.15, 0.2) is 54.6 Å². The van der Waals surface area contributed by atoms with Crippen molar-refractivity contribution >= 4 is 39.3 Å². The third-order valence-electron chi connectivity index (χ3n) is 5.18. The summed E-state index contributed by atoms with van der Waals surface area (Å²) in [6.45, 7) is 5.08. The fourth-order valence-corrected chi connectivity index (χ4v) is 4.67. The van der Waals surface area contributed by atoms with Gasteiger partial charge >= 0.3 is 10.2 Å². The van der Waals surface area contributed by atoms with Crippen LogP contribution in [0.2, 0.25) is 5.02 Å². The van der Waals surface area contributed by atoms with E-state index in [4.69, 9.17) is 11.6 Å². The molecule has 2 aromatic carbocycles. The summed E-state index contributed by atoms with van der Waals surface area (Å²) in [6.07, 6.45) is 0.348. The number of carbonyl (C=O) groups is 2. The number of halogens is 1. The quantitative estimate of drug-likeness (QED) is 0.504. The molecule has 0 aliphatic carbocycles. The number of nitrogens with one attached hydrogen (secondary N) is 1. The molecular formula is C24H33ClN4O4S. The molecule has 10 heteroatoms. The maximum Gasteiger partial charge on any atom is 0.304 e. The minimum atomic E-state index is -3.98. The Morgan fingerprint density at radius 3 is 2.12 bits per heavy atom. The summed E-state index contributed by atoms with van der Waals surface area (Å²) in [4.78, 5) is 28.1. The average molecular weight is 509 g/mol. The molecule has 2 aromatic rings. The van der Waals surface area contributed by atoms with E-state index in [1.54, 1.807) is 54.6 Å². The number of para-hydroxylation sites is 1. The average Bonchev–Trinajstić information content (AvgIpc) is 2.78. The van der Waals surface area contributed by atoms with Gasteiger partial charge < -0.3 is 10.2 Å². The summed E-state index contributed by atoms with van der Waals surface area (Å²) < 4.78 is 28.3. The van der Waals surface area contributed by atoms with E-state index in [1.807, 2.05) is 20.8 Å². The maximum atomic E-state index is 13.7. The molecule has 0 spiro atoms. The normalized spacial score (nSPS) is 12.5. The van der Waals surface area contributed by atoms with E-state index in [2.05, 4.69) is 5.32 Å². The fraction of sp³-hybridized carbons (Fsp3) is 0.417. The molecule has 1 atom stereocenters. The lowest BCUT2D eigenvalue weighted by molar-refractivity contribution is -0.140. The summed E-state index contributed by atoms with van der Waals surface area (Å²) in [5, 5.41) is 3.32. The number of hydrogen-bond acceptors (Lipinski definition) is 4.